The molecular weight excluding hydrogens is 291 g/mol. The largest absolute Gasteiger partial charge is 0.441 e. The maximum atomic E-state index is 14.3. The molecule has 7 heteroatoms. The number of rotatable bonds is 4. The number of amides is 1. The van der Waals surface area contributed by atoms with Gasteiger partial charge in [-0.3, -0.25) is 0 Å². The van der Waals surface area contributed by atoms with Gasteiger partial charge < -0.3 is 24.8 Å². The van der Waals surface area contributed by atoms with Crippen molar-refractivity contribution >= 4 is 11.8 Å². The molecule has 0 radical (unpaired) electrons. The number of hydrogen-bond acceptors (Lipinski definition) is 5. The number of aliphatic hydroxyl groups is 1. The van der Waals surface area contributed by atoms with Crippen molar-refractivity contribution in [3.8, 4) is 0 Å². The van der Waals surface area contributed by atoms with Crippen LogP contribution in [-0.2, 0) is 9.47 Å². The van der Waals surface area contributed by atoms with E-state index in [-0.39, 0.29) is 12.1 Å². The summed E-state index contributed by atoms with van der Waals surface area (Å²) in [6.07, 6.45) is -2.32. The summed E-state index contributed by atoms with van der Waals surface area (Å²) in [6, 6.07) is 4.57. The minimum absolute atomic E-state index is 0.210. The van der Waals surface area contributed by atoms with Gasteiger partial charge >= 0.3 is 6.09 Å². The Morgan fingerprint density at radius 2 is 2.27 bits per heavy atom. The molecule has 2 saturated heterocycles. The highest BCUT2D eigenvalue weighted by molar-refractivity contribution is 5.69. The number of nitrogens with zero attached hydrogens (tertiary/aromatic N) is 1. The Bertz CT molecular complexity index is 589. The van der Waals surface area contributed by atoms with Gasteiger partial charge in [-0.1, -0.05) is 6.07 Å². The van der Waals surface area contributed by atoms with Crippen LogP contribution >= 0.6 is 0 Å². The molecule has 3 rings (SSSR count). The molecule has 2 atom stereocenters. The van der Waals surface area contributed by atoms with Gasteiger partial charge in [-0.15, -0.1) is 0 Å². The molecule has 0 bridgehead atoms. The molecule has 22 heavy (non-hydrogen) atoms. The van der Waals surface area contributed by atoms with Gasteiger partial charge in [0.2, 0.25) is 0 Å². The highest BCUT2D eigenvalue weighted by Crippen LogP contribution is 2.33. The number of anilines is 1. The van der Waals surface area contributed by atoms with Crippen molar-refractivity contribution in [2.75, 3.05) is 31.6 Å². The van der Waals surface area contributed by atoms with Crippen LogP contribution in [0.15, 0.2) is 18.2 Å². The summed E-state index contributed by atoms with van der Waals surface area (Å²) in [5.74, 6) is -0.410. The number of cyclic esters (lactones) is 1. The first-order valence-electron chi connectivity index (χ1n) is 7.14. The zero-order valence-electron chi connectivity index (χ0n) is 12.5. The Kier molecular flexibility index (Phi) is 3.70. The van der Waals surface area contributed by atoms with Crippen LogP contribution in [0, 0.1) is 5.82 Å². The van der Waals surface area contributed by atoms with Crippen LogP contribution in [0.3, 0.4) is 0 Å². The first-order valence-corrected chi connectivity index (χ1v) is 7.14. The SMILES string of the molecule is COC1(C)CN(c2ccc(C(O)C3CNC(=O)O3)cc2F)C1. The lowest BCUT2D eigenvalue weighted by Crippen LogP contribution is -2.61. The van der Waals surface area contributed by atoms with Gasteiger partial charge in [-0.25, -0.2) is 9.18 Å². The fourth-order valence-electron chi connectivity index (χ4n) is 2.82. The summed E-state index contributed by atoms with van der Waals surface area (Å²) in [5, 5.41) is 12.6. The molecular formula is C15H19FN2O4. The Morgan fingerprint density at radius 3 is 2.82 bits per heavy atom. The molecule has 120 valence electrons. The quantitative estimate of drug-likeness (QED) is 0.874. The number of hydrogen-bond donors (Lipinski definition) is 2. The van der Waals surface area contributed by atoms with E-state index < -0.39 is 24.1 Å². The number of aliphatic hydroxyl groups excluding tert-OH is 1. The van der Waals surface area contributed by atoms with Crippen LogP contribution in [0.4, 0.5) is 14.9 Å². The van der Waals surface area contributed by atoms with Crippen LogP contribution in [0.2, 0.25) is 0 Å². The van der Waals surface area contributed by atoms with Crippen molar-refractivity contribution in [2.45, 2.75) is 24.7 Å². The average molecular weight is 310 g/mol. The minimum Gasteiger partial charge on any atom is -0.441 e. The lowest BCUT2D eigenvalue weighted by Gasteiger charge is -2.48. The third-order valence-electron chi connectivity index (χ3n) is 4.26. The second kappa shape index (κ2) is 5.40. The molecule has 0 aliphatic carbocycles. The van der Waals surface area contributed by atoms with E-state index in [0.717, 1.165) is 0 Å². The van der Waals surface area contributed by atoms with E-state index in [0.29, 0.717) is 24.3 Å². The summed E-state index contributed by atoms with van der Waals surface area (Å²) < 4.78 is 24.5. The molecule has 2 fully saturated rings. The molecule has 0 saturated carbocycles. The molecule has 6 nitrogen and oxygen atoms in total. The predicted molar refractivity (Wildman–Crippen MR) is 77.3 cm³/mol. The van der Waals surface area contributed by atoms with Crippen LogP contribution in [0.1, 0.15) is 18.6 Å². The molecule has 2 unspecified atom stereocenters. The normalized spacial score (nSPS) is 24.5. The third-order valence-corrected chi connectivity index (χ3v) is 4.26. The van der Waals surface area contributed by atoms with Gasteiger partial charge in [-0.2, -0.15) is 0 Å². The number of nitrogens with one attached hydrogen (secondary N) is 1. The number of benzene rings is 1. The van der Waals surface area contributed by atoms with Gasteiger partial charge in [0.05, 0.1) is 17.8 Å². The Balaban J connectivity index is 1.71. The molecule has 0 aromatic heterocycles. The molecule has 2 N–H and O–H groups in total. The summed E-state index contributed by atoms with van der Waals surface area (Å²) >= 11 is 0. The second-order valence-corrected chi connectivity index (χ2v) is 5.99. The maximum absolute atomic E-state index is 14.3. The number of alkyl carbamates (subject to hydrolysis) is 1. The van der Waals surface area contributed by atoms with Crippen LogP contribution in [-0.4, -0.2) is 49.6 Å². The van der Waals surface area contributed by atoms with E-state index >= 15 is 0 Å². The zero-order valence-corrected chi connectivity index (χ0v) is 12.5. The molecule has 0 spiro atoms. The van der Waals surface area contributed by atoms with Gasteiger partial charge in [0.1, 0.15) is 11.9 Å². The summed E-state index contributed by atoms with van der Waals surface area (Å²) in [7, 11) is 1.64. The van der Waals surface area contributed by atoms with E-state index in [1.54, 1.807) is 19.2 Å². The van der Waals surface area contributed by atoms with Crippen LogP contribution in [0.5, 0.6) is 0 Å². The van der Waals surface area contributed by atoms with Gasteiger partial charge in [0.25, 0.3) is 0 Å². The predicted octanol–water partition coefficient (Wildman–Crippen LogP) is 1.19. The van der Waals surface area contributed by atoms with Crippen molar-refractivity contribution in [1.82, 2.24) is 5.32 Å². The molecule has 1 aromatic carbocycles. The van der Waals surface area contributed by atoms with Crippen molar-refractivity contribution in [3.05, 3.63) is 29.6 Å². The van der Waals surface area contributed by atoms with E-state index in [2.05, 4.69) is 5.32 Å². The number of carbonyl (C=O) groups excluding carboxylic acids is 1. The lowest BCUT2D eigenvalue weighted by atomic mass is 9.95. The smallest absolute Gasteiger partial charge is 0.407 e. The molecule has 1 amide bonds. The third kappa shape index (κ3) is 2.62. The van der Waals surface area contributed by atoms with E-state index in [1.807, 2.05) is 11.8 Å². The highest BCUT2D eigenvalue weighted by atomic mass is 19.1. The molecule has 1 aromatic rings. The molecule has 2 aliphatic rings. The van der Waals surface area contributed by atoms with Gasteiger partial charge in [0.15, 0.2) is 6.10 Å². The standard InChI is InChI=1S/C15H19FN2O4/c1-15(21-2)7-18(8-15)11-4-3-9(5-10(11)16)13(19)12-6-17-14(20)22-12/h3-5,12-13,19H,6-8H2,1-2H3,(H,17,20). The summed E-state index contributed by atoms with van der Waals surface area (Å²) in [5.41, 5.74) is 0.624. The van der Waals surface area contributed by atoms with Crippen molar-refractivity contribution in [2.24, 2.45) is 0 Å². The Hall–Kier alpha value is -1.86. The maximum Gasteiger partial charge on any atom is 0.407 e. The van der Waals surface area contributed by atoms with Gasteiger partial charge in [-0.05, 0) is 24.6 Å². The van der Waals surface area contributed by atoms with E-state index in [9.17, 15) is 14.3 Å². The summed E-state index contributed by atoms with van der Waals surface area (Å²) in [6.45, 7) is 3.42. The number of carbonyl (C=O) groups is 1. The molecule has 2 aliphatic heterocycles. The van der Waals surface area contributed by atoms with E-state index in [1.165, 1.54) is 6.07 Å². The monoisotopic (exact) mass is 310 g/mol. The fourth-order valence-corrected chi connectivity index (χ4v) is 2.82. The Morgan fingerprint density at radius 1 is 1.55 bits per heavy atom. The molecule has 2 heterocycles. The highest BCUT2D eigenvalue weighted by Gasteiger charge is 2.40. The van der Waals surface area contributed by atoms with Gasteiger partial charge in [0, 0.05) is 20.2 Å². The van der Waals surface area contributed by atoms with Crippen molar-refractivity contribution < 1.29 is 23.8 Å². The number of methoxy groups -OCH3 is 1. The van der Waals surface area contributed by atoms with Crippen LogP contribution < -0.4 is 10.2 Å². The number of ether oxygens (including phenoxy) is 2. The van der Waals surface area contributed by atoms with E-state index in [4.69, 9.17) is 9.47 Å². The first kappa shape index (κ1) is 15.1. The summed E-state index contributed by atoms with van der Waals surface area (Å²) in [4.78, 5) is 12.9. The zero-order chi connectivity index (χ0) is 15.9. The minimum atomic E-state index is -1.05. The lowest BCUT2D eigenvalue weighted by molar-refractivity contribution is -0.0170. The fraction of sp³-hybridized carbons (Fsp3) is 0.533. The Labute approximate surface area is 127 Å². The van der Waals surface area contributed by atoms with Crippen molar-refractivity contribution in [1.29, 1.82) is 0 Å². The number of halogens is 1. The van der Waals surface area contributed by atoms with Crippen molar-refractivity contribution in [3.63, 3.8) is 0 Å². The second-order valence-electron chi connectivity index (χ2n) is 5.99. The van der Waals surface area contributed by atoms with Crippen LogP contribution in [0.25, 0.3) is 0 Å². The first-order chi connectivity index (χ1) is 10.4. The topological polar surface area (TPSA) is 71.0 Å². The average Bonchev–Trinajstić information content (AvgIpc) is 2.90.